The van der Waals surface area contributed by atoms with Gasteiger partial charge in [-0.2, -0.15) is 0 Å². The molecular weight excluding hydrogens is 218 g/mol. The van der Waals surface area contributed by atoms with E-state index in [0.717, 1.165) is 17.0 Å². The molecule has 0 fully saturated rings. The van der Waals surface area contributed by atoms with Crippen LogP contribution < -0.4 is 9.64 Å². The zero-order valence-corrected chi connectivity index (χ0v) is 10.6. The first-order valence-corrected chi connectivity index (χ1v) is 5.71. The maximum atomic E-state index is 10.5. The van der Waals surface area contributed by atoms with Gasteiger partial charge in [0.25, 0.3) is 0 Å². The number of hydrogen-bond acceptors (Lipinski definition) is 3. The highest BCUT2D eigenvalue weighted by Gasteiger charge is 2.06. The minimum absolute atomic E-state index is 0.142. The average molecular weight is 237 g/mol. The highest BCUT2D eigenvalue weighted by molar-refractivity contribution is 5.67. The SMILES string of the molecule is CCOc1ccc(N(C)CCC(=O)O)cc1C. The number of benzene rings is 1. The molecule has 1 aromatic carbocycles. The molecule has 0 aromatic heterocycles. The summed E-state index contributed by atoms with van der Waals surface area (Å²) in [5, 5.41) is 8.63. The lowest BCUT2D eigenvalue weighted by atomic mass is 10.2. The van der Waals surface area contributed by atoms with Crippen LogP contribution in [0.1, 0.15) is 18.9 Å². The van der Waals surface area contributed by atoms with Gasteiger partial charge in [-0.15, -0.1) is 0 Å². The van der Waals surface area contributed by atoms with E-state index in [0.29, 0.717) is 13.2 Å². The molecule has 4 heteroatoms. The van der Waals surface area contributed by atoms with Gasteiger partial charge < -0.3 is 14.7 Å². The van der Waals surface area contributed by atoms with Gasteiger partial charge in [-0.1, -0.05) is 0 Å². The van der Waals surface area contributed by atoms with Crippen molar-refractivity contribution < 1.29 is 14.6 Å². The van der Waals surface area contributed by atoms with Crippen LogP contribution in [0.25, 0.3) is 0 Å². The van der Waals surface area contributed by atoms with Gasteiger partial charge >= 0.3 is 5.97 Å². The van der Waals surface area contributed by atoms with Gasteiger partial charge in [0.05, 0.1) is 13.0 Å². The highest BCUT2D eigenvalue weighted by Crippen LogP contribution is 2.23. The fraction of sp³-hybridized carbons (Fsp3) is 0.462. The molecule has 0 amide bonds. The Bertz CT molecular complexity index is 390. The van der Waals surface area contributed by atoms with Crippen LogP contribution in [0.2, 0.25) is 0 Å². The minimum Gasteiger partial charge on any atom is -0.494 e. The summed E-state index contributed by atoms with van der Waals surface area (Å²) in [6.45, 7) is 5.09. The number of rotatable bonds is 6. The second kappa shape index (κ2) is 6.13. The molecule has 0 aliphatic rings. The van der Waals surface area contributed by atoms with E-state index < -0.39 is 5.97 Å². The third kappa shape index (κ3) is 3.98. The van der Waals surface area contributed by atoms with Crippen LogP contribution in [0.5, 0.6) is 5.75 Å². The van der Waals surface area contributed by atoms with Crippen LogP contribution in [-0.2, 0) is 4.79 Å². The summed E-state index contributed by atoms with van der Waals surface area (Å²) >= 11 is 0. The number of carboxylic acids is 1. The molecule has 0 saturated carbocycles. The van der Waals surface area contributed by atoms with E-state index in [-0.39, 0.29) is 6.42 Å². The first-order chi connectivity index (χ1) is 8.04. The number of ether oxygens (including phenoxy) is 1. The number of aryl methyl sites for hydroxylation is 1. The van der Waals surface area contributed by atoms with Gasteiger partial charge in [-0.25, -0.2) is 0 Å². The largest absolute Gasteiger partial charge is 0.494 e. The molecule has 17 heavy (non-hydrogen) atoms. The van der Waals surface area contributed by atoms with Gasteiger partial charge in [0.1, 0.15) is 5.75 Å². The zero-order chi connectivity index (χ0) is 12.8. The Morgan fingerprint density at radius 3 is 2.71 bits per heavy atom. The van der Waals surface area contributed by atoms with E-state index in [1.807, 2.05) is 44.0 Å². The molecule has 1 aromatic rings. The van der Waals surface area contributed by atoms with Crippen molar-refractivity contribution in [3.05, 3.63) is 23.8 Å². The van der Waals surface area contributed by atoms with Crippen molar-refractivity contribution in [3.8, 4) is 5.75 Å². The number of anilines is 1. The van der Waals surface area contributed by atoms with E-state index in [9.17, 15) is 4.79 Å². The van der Waals surface area contributed by atoms with E-state index in [2.05, 4.69) is 0 Å². The zero-order valence-electron chi connectivity index (χ0n) is 10.6. The minimum atomic E-state index is -0.778. The van der Waals surface area contributed by atoms with E-state index >= 15 is 0 Å². The molecule has 0 aliphatic carbocycles. The second-order valence-corrected chi connectivity index (χ2v) is 3.95. The summed E-state index contributed by atoms with van der Waals surface area (Å²) < 4.78 is 5.46. The fourth-order valence-electron chi connectivity index (χ4n) is 1.58. The molecule has 0 radical (unpaired) electrons. The lowest BCUT2D eigenvalue weighted by Gasteiger charge is -2.19. The van der Waals surface area contributed by atoms with Crippen molar-refractivity contribution in [1.82, 2.24) is 0 Å². The van der Waals surface area contributed by atoms with Gasteiger partial charge in [-0.3, -0.25) is 4.79 Å². The predicted octanol–water partition coefficient (Wildman–Crippen LogP) is 2.30. The maximum absolute atomic E-state index is 10.5. The average Bonchev–Trinajstić information content (AvgIpc) is 2.28. The normalized spacial score (nSPS) is 10.1. The van der Waals surface area contributed by atoms with Gasteiger partial charge in [0.15, 0.2) is 0 Å². The monoisotopic (exact) mass is 237 g/mol. The Morgan fingerprint density at radius 2 is 2.18 bits per heavy atom. The van der Waals surface area contributed by atoms with E-state index in [1.54, 1.807) is 0 Å². The van der Waals surface area contributed by atoms with Crippen LogP contribution in [0.4, 0.5) is 5.69 Å². The van der Waals surface area contributed by atoms with Crippen molar-refractivity contribution in [2.45, 2.75) is 20.3 Å². The summed E-state index contributed by atoms with van der Waals surface area (Å²) in [7, 11) is 1.89. The Kier molecular flexibility index (Phi) is 4.82. The maximum Gasteiger partial charge on any atom is 0.305 e. The molecule has 94 valence electrons. The topological polar surface area (TPSA) is 49.8 Å². The van der Waals surface area contributed by atoms with Crippen molar-refractivity contribution in [3.63, 3.8) is 0 Å². The van der Waals surface area contributed by atoms with Crippen molar-refractivity contribution in [2.75, 3.05) is 25.1 Å². The van der Waals surface area contributed by atoms with Gasteiger partial charge in [0.2, 0.25) is 0 Å². The molecular formula is C13H19NO3. The van der Waals surface area contributed by atoms with Gasteiger partial charge in [-0.05, 0) is 37.6 Å². The van der Waals surface area contributed by atoms with Gasteiger partial charge in [0, 0.05) is 19.3 Å². The summed E-state index contributed by atoms with van der Waals surface area (Å²) in [6.07, 6.45) is 0.142. The number of nitrogens with zero attached hydrogens (tertiary/aromatic N) is 1. The number of aliphatic carboxylic acids is 1. The lowest BCUT2D eigenvalue weighted by molar-refractivity contribution is -0.136. The number of carbonyl (C=O) groups is 1. The third-order valence-electron chi connectivity index (χ3n) is 2.56. The summed E-state index contributed by atoms with van der Waals surface area (Å²) in [6, 6.07) is 5.87. The van der Waals surface area contributed by atoms with Crippen LogP contribution in [-0.4, -0.2) is 31.3 Å². The predicted molar refractivity (Wildman–Crippen MR) is 67.9 cm³/mol. The molecule has 0 spiro atoms. The van der Waals surface area contributed by atoms with Crippen LogP contribution >= 0.6 is 0 Å². The summed E-state index contributed by atoms with van der Waals surface area (Å²) in [5.41, 5.74) is 2.07. The first kappa shape index (κ1) is 13.4. The Morgan fingerprint density at radius 1 is 1.47 bits per heavy atom. The molecule has 1 rings (SSSR count). The fourth-order valence-corrected chi connectivity index (χ4v) is 1.58. The standard InChI is InChI=1S/C13H19NO3/c1-4-17-12-6-5-11(9-10(12)2)14(3)8-7-13(15)16/h5-6,9H,4,7-8H2,1-3H3,(H,15,16). The molecule has 0 bridgehead atoms. The second-order valence-electron chi connectivity index (χ2n) is 3.95. The molecule has 0 saturated heterocycles. The Labute approximate surface area is 102 Å². The number of carboxylic acid groups (broad SMARTS) is 1. The molecule has 0 heterocycles. The van der Waals surface area contributed by atoms with Crippen molar-refractivity contribution >= 4 is 11.7 Å². The van der Waals surface area contributed by atoms with Crippen molar-refractivity contribution in [2.24, 2.45) is 0 Å². The molecule has 4 nitrogen and oxygen atoms in total. The quantitative estimate of drug-likeness (QED) is 0.824. The van der Waals surface area contributed by atoms with Crippen LogP contribution in [0.3, 0.4) is 0 Å². The summed E-state index contributed by atoms with van der Waals surface area (Å²) in [5.74, 6) is 0.0994. The Hall–Kier alpha value is -1.71. The molecule has 1 N–H and O–H groups in total. The summed E-state index contributed by atoms with van der Waals surface area (Å²) in [4.78, 5) is 12.4. The molecule has 0 unspecified atom stereocenters. The molecule has 0 atom stereocenters. The smallest absolute Gasteiger partial charge is 0.305 e. The first-order valence-electron chi connectivity index (χ1n) is 5.71. The third-order valence-corrected chi connectivity index (χ3v) is 2.56. The van der Waals surface area contributed by atoms with E-state index in [4.69, 9.17) is 9.84 Å². The van der Waals surface area contributed by atoms with Crippen LogP contribution in [0, 0.1) is 6.92 Å². The lowest BCUT2D eigenvalue weighted by Crippen LogP contribution is -2.20. The van der Waals surface area contributed by atoms with Crippen LogP contribution in [0.15, 0.2) is 18.2 Å². The Balaban J connectivity index is 2.71. The van der Waals surface area contributed by atoms with Crippen molar-refractivity contribution in [1.29, 1.82) is 0 Å². The number of hydrogen-bond donors (Lipinski definition) is 1. The molecule has 0 aliphatic heterocycles. The van der Waals surface area contributed by atoms with E-state index in [1.165, 1.54) is 0 Å². The highest BCUT2D eigenvalue weighted by atomic mass is 16.5.